The number of fused-ring (bicyclic) bond motifs is 1. The molecule has 0 atom stereocenters. The van der Waals surface area contributed by atoms with E-state index < -0.39 is 0 Å². The molecule has 3 aromatic rings. The van der Waals surface area contributed by atoms with Gasteiger partial charge in [0.05, 0.1) is 11.9 Å². The Balaban J connectivity index is 2.06. The Bertz CT molecular complexity index is 807. The third-order valence-corrected chi connectivity index (χ3v) is 2.96. The van der Waals surface area contributed by atoms with E-state index >= 15 is 0 Å². The first kappa shape index (κ1) is 11.7. The molecular formula is C12H10ClN5O. The second-order valence-corrected chi connectivity index (χ2v) is 4.48. The predicted octanol–water partition coefficient (Wildman–Crippen LogP) is 1.66. The van der Waals surface area contributed by atoms with Crippen molar-refractivity contribution in [3.63, 3.8) is 0 Å². The van der Waals surface area contributed by atoms with Gasteiger partial charge in [-0.25, -0.2) is 9.66 Å². The van der Waals surface area contributed by atoms with E-state index in [1.54, 1.807) is 29.9 Å². The molecule has 1 N–H and O–H groups in total. The summed E-state index contributed by atoms with van der Waals surface area (Å²) < 4.78 is 2.86. The fraction of sp³-hybridized carbons (Fsp3) is 0.0833. The molecule has 0 aliphatic heterocycles. The van der Waals surface area contributed by atoms with E-state index in [1.807, 2.05) is 6.07 Å². The van der Waals surface area contributed by atoms with Crippen LogP contribution in [0, 0.1) is 0 Å². The lowest BCUT2D eigenvalue weighted by molar-refractivity contribution is 0.779. The Morgan fingerprint density at radius 1 is 1.37 bits per heavy atom. The van der Waals surface area contributed by atoms with Gasteiger partial charge in [-0.3, -0.25) is 14.9 Å². The maximum atomic E-state index is 12.2. The lowest BCUT2D eigenvalue weighted by Gasteiger charge is -2.08. The fourth-order valence-electron chi connectivity index (χ4n) is 1.81. The first-order chi connectivity index (χ1) is 9.15. The number of aryl methyl sites for hydroxylation is 1. The minimum atomic E-state index is -0.210. The minimum absolute atomic E-state index is 0.210. The summed E-state index contributed by atoms with van der Waals surface area (Å²) in [5.41, 5.74) is 3.98. The standard InChI is InChI=1S/C12H10ClN5O/c1-17-11-10(6-15-17)12(19)18(7-14-11)16-9-4-2-3-8(13)5-9/h2-7,16H,1H3. The zero-order chi connectivity index (χ0) is 13.4. The van der Waals surface area contributed by atoms with Crippen LogP contribution in [0.4, 0.5) is 5.69 Å². The molecule has 96 valence electrons. The molecule has 7 heteroatoms. The smallest absolute Gasteiger partial charge is 0.283 e. The van der Waals surface area contributed by atoms with Crippen LogP contribution in [0.2, 0.25) is 5.02 Å². The number of aromatic nitrogens is 4. The van der Waals surface area contributed by atoms with Crippen molar-refractivity contribution < 1.29 is 0 Å². The maximum absolute atomic E-state index is 12.2. The van der Waals surface area contributed by atoms with Crippen molar-refractivity contribution in [2.24, 2.45) is 7.05 Å². The molecule has 3 rings (SSSR count). The first-order valence-electron chi connectivity index (χ1n) is 5.57. The van der Waals surface area contributed by atoms with Crippen LogP contribution in [0.3, 0.4) is 0 Å². The highest BCUT2D eigenvalue weighted by Crippen LogP contribution is 2.14. The Labute approximate surface area is 113 Å². The number of halogens is 1. The van der Waals surface area contributed by atoms with Crippen molar-refractivity contribution >= 4 is 28.3 Å². The van der Waals surface area contributed by atoms with Gasteiger partial charge >= 0.3 is 0 Å². The molecule has 1 aromatic carbocycles. The largest absolute Gasteiger partial charge is 0.290 e. The van der Waals surface area contributed by atoms with Crippen molar-refractivity contribution in [1.82, 2.24) is 19.4 Å². The quantitative estimate of drug-likeness (QED) is 0.772. The number of rotatable bonds is 2. The summed E-state index contributed by atoms with van der Waals surface area (Å²) in [7, 11) is 1.74. The summed E-state index contributed by atoms with van der Waals surface area (Å²) in [5.74, 6) is 0. The van der Waals surface area contributed by atoms with Crippen LogP contribution in [0.1, 0.15) is 0 Å². The summed E-state index contributed by atoms with van der Waals surface area (Å²) in [6.45, 7) is 0. The van der Waals surface area contributed by atoms with Crippen molar-refractivity contribution in [3.05, 3.63) is 52.2 Å². The van der Waals surface area contributed by atoms with Gasteiger partial charge in [0.15, 0.2) is 5.65 Å². The van der Waals surface area contributed by atoms with Crippen LogP contribution in [0.5, 0.6) is 0 Å². The van der Waals surface area contributed by atoms with Gasteiger partial charge < -0.3 is 0 Å². The van der Waals surface area contributed by atoms with Gasteiger partial charge in [0.25, 0.3) is 5.56 Å². The Morgan fingerprint density at radius 3 is 3.00 bits per heavy atom. The number of nitrogens with zero attached hydrogens (tertiary/aromatic N) is 4. The molecule has 0 aliphatic rings. The lowest BCUT2D eigenvalue weighted by Crippen LogP contribution is -2.26. The van der Waals surface area contributed by atoms with Gasteiger partial charge in [0.1, 0.15) is 11.7 Å². The molecule has 0 amide bonds. The van der Waals surface area contributed by atoms with Crippen LogP contribution in [-0.2, 0) is 7.05 Å². The van der Waals surface area contributed by atoms with Crippen molar-refractivity contribution in [2.75, 3.05) is 5.43 Å². The molecule has 0 radical (unpaired) electrons. The van der Waals surface area contributed by atoms with E-state index in [0.29, 0.717) is 21.7 Å². The normalized spacial score (nSPS) is 10.8. The Kier molecular flexibility index (Phi) is 2.72. The summed E-state index contributed by atoms with van der Waals surface area (Å²) in [4.78, 5) is 16.4. The van der Waals surface area contributed by atoms with Crippen LogP contribution >= 0.6 is 11.6 Å². The van der Waals surface area contributed by atoms with Crippen LogP contribution < -0.4 is 11.0 Å². The molecule has 2 heterocycles. The van der Waals surface area contributed by atoms with E-state index in [1.165, 1.54) is 17.2 Å². The number of hydrogen-bond donors (Lipinski definition) is 1. The number of hydrogen-bond acceptors (Lipinski definition) is 4. The average Bonchev–Trinajstić information content (AvgIpc) is 2.76. The monoisotopic (exact) mass is 275 g/mol. The summed E-state index contributed by atoms with van der Waals surface area (Å²) in [5, 5.41) is 5.06. The van der Waals surface area contributed by atoms with Crippen LogP contribution in [-0.4, -0.2) is 19.4 Å². The van der Waals surface area contributed by atoms with Crippen molar-refractivity contribution in [1.29, 1.82) is 0 Å². The van der Waals surface area contributed by atoms with E-state index in [9.17, 15) is 4.79 Å². The first-order valence-corrected chi connectivity index (χ1v) is 5.95. The molecule has 0 bridgehead atoms. The van der Waals surface area contributed by atoms with Crippen LogP contribution in [0.25, 0.3) is 11.0 Å². The van der Waals surface area contributed by atoms with E-state index in [2.05, 4.69) is 15.5 Å². The predicted molar refractivity (Wildman–Crippen MR) is 73.2 cm³/mol. The zero-order valence-corrected chi connectivity index (χ0v) is 10.8. The minimum Gasteiger partial charge on any atom is -0.290 e. The fourth-order valence-corrected chi connectivity index (χ4v) is 2.00. The highest BCUT2D eigenvalue weighted by Gasteiger charge is 2.07. The topological polar surface area (TPSA) is 64.7 Å². The molecule has 0 saturated heterocycles. The van der Waals surface area contributed by atoms with Gasteiger partial charge in [0.2, 0.25) is 0 Å². The number of benzene rings is 1. The highest BCUT2D eigenvalue weighted by atomic mass is 35.5. The molecule has 6 nitrogen and oxygen atoms in total. The van der Waals surface area contributed by atoms with E-state index in [-0.39, 0.29) is 5.56 Å². The lowest BCUT2D eigenvalue weighted by atomic mass is 10.3. The molecule has 0 unspecified atom stereocenters. The summed E-state index contributed by atoms with van der Waals surface area (Å²) in [6, 6.07) is 7.09. The molecular weight excluding hydrogens is 266 g/mol. The molecule has 0 aliphatic carbocycles. The molecule has 0 spiro atoms. The Hall–Kier alpha value is -2.34. The number of anilines is 1. The van der Waals surface area contributed by atoms with E-state index in [0.717, 1.165) is 0 Å². The Morgan fingerprint density at radius 2 is 2.21 bits per heavy atom. The summed E-state index contributed by atoms with van der Waals surface area (Å²) >= 11 is 5.89. The van der Waals surface area contributed by atoms with Gasteiger partial charge in [-0.2, -0.15) is 5.10 Å². The molecule has 2 aromatic heterocycles. The van der Waals surface area contributed by atoms with Crippen molar-refractivity contribution in [2.45, 2.75) is 0 Å². The van der Waals surface area contributed by atoms with Crippen molar-refractivity contribution in [3.8, 4) is 0 Å². The second-order valence-electron chi connectivity index (χ2n) is 4.05. The summed E-state index contributed by atoms with van der Waals surface area (Å²) in [6.07, 6.45) is 2.92. The van der Waals surface area contributed by atoms with Crippen LogP contribution in [0.15, 0.2) is 41.6 Å². The maximum Gasteiger partial charge on any atom is 0.283 e. The zero-order valence-electron chi connectivity index (χ0n) is 10.0. The SMILES string of the molecule is Cn1ncc2c(=O)n(Nc3cccc(Cl)c3)cnc21. The molecule has 0 saturated carbocycles. The van der Waals surface area contributed by atoms with E-state index in [4.69, 9.17) is 11.6 Å². The van der Waals surface area contributed by atoms with Gasteiger partial charge in [-0.05, 0) is 18.2 Å². The van der Waals surface area contributed by atoms with Gasteiger partial charge in [0, 0.05) is 12.1 Å². The average molecular weight is 276 g/mol. The molecule has 0 fully saturated rings. The van der Waals surface area contributed by atoms with Gasteiger partial charge in [-0.15, -0.1) is 0 Å². The third-order valence-electron chi connectivity index (χ3n) is 2.73. The second kappa shape index (κ2) is 4.40. The van der Waals surface area contributed by atoms with Gasteiger partial charge in [-0.1, -0.05) is 17.7 Å². The highest BCUT2D eigenvalue weighted by molar-refractivity contribution is 6.30. The number of nitrogens with one attached hydrogen (secondary N) is 1. The third kappa shape index (κ3) is 2.06. The molecule has 19 heavy (non-hydrogen) atoms.